The first kappa shape index (κ1) is 14.4. The maximum Gasteiger partial charge on any atom is 0.150 e. The fourth-order valence-corrected chi connectivity index (χ4v) is 3.95. The number of aryl methyl sites for hydroxylation is 2. The first-order valence-corrected chi connectivity index (χ1v) is 8.84. The Morgan fingerprint density at radius 3 is 2.63 bits per heavy atom. The molecule has 106 valence electrons. The zero-order valence-corrected chi connectivity index (χ0v) is 12.8. The first-order chi connectivity index (χ1) is 8.86. The molecule has 0 spiro atoms. The van der Waals surface area contributed by atoms with Crippen molar-refractivity contribution in [1.82, 2.24) is 0 Å². The van der Waals surface area contributed by atoms with E-state index < -0.39 is 9.84 Å². The molecule has 1 N–H and O–H groups in total. The summed E-state index contributed by atoms with van der Waals surface area (Å²) in [6.45, 7) is 4.16. The van der Waals surface area contributed by atoms with Crippen molar-refractivity contribution in [3.8, 4) is 0 Å². The maximum absolute atomic E-state index is 11.7. The van der Waals surface area contributed by atoms with Crippen LogP contribution in [0.1, 0.15) is 36.8 Å². The summed E-state index contributed by atoms with van der Waals surface area (Å²) in [5, 5.41) is 3.35. The van der Waals surface area contributed by atoms with Crippen LogP contribution < -0.4 is 5.32 Å². The minimum Gasteiger partial charge on any atom is -0.382 e. The third-order valence-electron chi connectivity index (χ3n) is 3.98. The predicted molar refractivity (Wildman–Crippen MR) is 80.4 cm³/mol. The molecular formula is C15H23NO2S. The molecule has 0 amide bonds. The Bertz CT molecular complexity index is 551. The van der Waals surface area contributed by atoms with Crippen molar-refractivity contribution in [3.63, 3.8) is 0 Å². The summed E-state index contributed by atoms with van der Waals surface area (Å²) in [4.78, 5) is 0. The van der Waals surface area contributed by atoms with Gasteiger partial charge in [0.05, 0.1) is 5.25 Å². The average Bonchev–Trinajstić information content (AvgIpc) is 2.33. The van der Waals surface area contributed by atoms with E-state index in [1.54, 1.807) is 0 Å². The molecule has 1 fully saturated rings. The first-order valence-electron chi connectivity index (χ1n) is 6.89. The molecule has 0 radical (unpaired) electrons. The molecule has 1 aromatic carbocycles. The molecule has 2 rings (SSSR count). The SMILES string of the molecule is Cc1ccc(C)c(NC2CCCC(S(C)(=O)=O)C2)c1. The Morgan fingerprint density at radius 1 is 1.21 bits per heavy atom. The number of hydrogen-bond donors (Lipinski definition) is 1. The number of benzene rings is 1. The molecule has 1 aliphatic carbocycles. The van der Waals surface area contributed by atoms with Gasteiger partial charge in [0, 0.05) is 18.0 Å². The number of hydrogen-bond acceptors (Lipinski definition) is 3. The van der Waals surface area contributed by atoms with Gasteiger partial charge in [0.25, 0.3) is 0 Å². The lowest BCUT2D eigenvalue weighted by atomic mass is 9.94. The van der Waals surface area contributed by atoms with Gasteiger partial charge in [0.2, 0.25) is 0 Å². The summed E-state index contributed by atoms with van der Waals surface area (Å²) < 4.78 is 23.4. The van der Waals surface area contributed by atoms with Gasteiger partial charge in [-0.2, -0.15) is 0 Å². The van der Waals surface area contributed by atoms with Crippen LogP contribution in [0.25, 0.3) is 0 Å². The fraction of sp³-hybridized carbons (Fsp3) is 0.600. The Balaban J connectivity index is 2.09. The van der Waals surface area contributed by atoms with Crippen LogP contribution >= 0.6 is 0 Å². The topological polar surface area (TPSA) is 46.2 Å². The van der Waals surface area contributed by atoms with Crippen LogP contribution in [0.15, 0.2) is 18.2 Å². The van der Waals surface area contributed by atoms with Crippen molar-refractivity contribution >= 4 is 15.5 Å². The van der Waals surface area contributed by atoms with Crippen LogP contribution in [-0.4, -0.2) is 26.0 Å². The van der Waals surface area contributed by atoms with Crippen LogP contribution in [0.5, 0.6) is 0 Å². The van der Waals surface area contributed by atoms with Gasteiger partial charge in [-0.05, 0) is 50.3 Å². The number of nitrogens with one attached hydrogen (secondary N) is 1. The molecule has 1 aliphatic rings. The Morgan fingerprint density at radius 2 is 1.95 bits per heavy atom. The highest BCUT2D eigenvalue weighted by Gasteiger charge is 2.28. The smallest absolute Gasteiger partial charge is 0.150 e. The van der Waals surface area contributed by atoms with E-state index in [1.807, 2.05) is 0 Å². The van der Waals surface area contributed by atoms with Crippen molar-refractivity contribution in [3.05, 3.63) is 29.3 Å². The molecule has 1 saturated carbocycles. The van der Waals surface area contributed by atoms with E-state index >= 15 is 0 Å². The van der Waals surface area contributed by atoms with Gasteiger partial charge >= 0.3 is 0 Å². The van der Waals surface area contributed by atoms with Crippen LogP contribution in [-0.2, 0) is 9.84 Å². The van der Waals surface area contributed by atoms with E-state index in [0.717, 1.165) is 31.4 Å². The van der Waals surface area contributed by atoms with Crippen LogP contribution in [0.3, 0.4) is 0 Å². The van der Waals surface area contributed by atoms with E-state index in [1.165, 1.54) is 17.4 Å². The normalized spacial score (nSPS) is 24.2. The van der Waals surface area contributed by atoms with Gasteiger partial charge in [0.15, 0.2) is 0 Å². The largest absolute Gasteiger partial charge is 0.382 e. The van der Waals surface area contributed by atoms with Crippen molar-refractivity contribution < 1.29 is 8.42 Å². The van der Waals surface area contributed by atoms with Crippen molar-refractivity contribution in [2.45, 2.75) is 50.8 Å². The third-order valence-corrected chi connectivity index (χ3v) is 5.62. The monoisotopic (exact) mass is 281 g/mol. The highest BCUT2D eigenvalue weighted by atomic mass is 32.2. The number of sulfone groups is 1. The minimum atomic E-state index is -2.91. The van der Waals surface area contributed by atoms with Crippen molar-refractivity contribution in [2.24, 2.45) is 0 Å². The second-order valence-corrected chi connectivity index (χ2v) is 8.10. The summed E-state index contributed by atoms with van der Waals surface area (Å²) in [6.07, 6.45) is 4.94. The summed E-state index contributed by atoms with van der Waals surface area (Å²) in [6, 6.07) is 6.61. The second kappa shape index (κ2) is 5.53. The van der Waals surface area contributed by atoms with Crippen LogP contribution in [0.2, 0.25) is 0 Å². The van der Waals surface area contributed by atoms with Gasteiger partial charge in [-0.1, -0.05) is 18.6 Å². The van der Waals surface area contributed by atoms with Crippen molar-refractivity contribution in [2.75, 3.05) is 11.6 Å². The van der Waals surface area contributed by atoms with Crippen LogP contribution in [0, 0.1) is 13.8 Å². The van der Waals surface area contributed by atoms with Gasteiger partial charge in [-0.25, -0.2) is 8.42 Å². The van der Waals surface area contributed by atoms with E-state index in [0.29, 0.717) is 0 Å². The molecular weight excluding hydrogens is 258 g/mol. The highest BCUT2D eigenvalue weighted by Crippen LogP contribution is 2.27. The lowest BCUT2D eigenvalue weighted by Crippen LogP contribution is -2.34. The second-order valence-electron chi connectivity index (χ2n) is 5.78. The van der Waals surface area contributed by atoms with Crippen molar-refractivity contribution in [1.29, 1.82) is 0 Å². The summed E-state index contributed by atoms with van der Waals surface area (Å²) in [7, 11) is -2.91. The summed E-state index contributed by atoms with van der Waals surface area (Å²) in [5.74, 6) is 0. The zero-order valence-electron chi connectivity index (χ0n) is 11.9. The molecule has 2 unspecified atom stereocenters. The van der Waals surface area contributed by atoms with Gasteiger partial charge in [-0.15, -0.1) is 0 Å². The molecule has 19 heavy (non-hydrogen) atoms. The lowest BCUT2D eigenvalue weighted by Gasteiger charge is -2.30. The quantitative estimate of drug-likeness (QED) is 0.926. The molecule has 0 aromatic heterocycles. The van der Waals surface area contributed by atoms with E-state index in [4.69, 9.17) is 0 Å². The Hall–Kier alpha value is -1.03. The molecule has 0 aliphatic heterocycles. The predicted octanol–water partition coefficient (Wildman–Crippen LogP) is 3.07. The zero-order chi connectivity index (χ0) is 14.0. The average molecular weight is 281 g/mol. The van der Waals surface area contributed by atoms with Crippen LogP contribution in [0.4, 0.5) is 5.69 Å². The molecule has 0 bridgehead atoms. The van der Waals surface area contributed by atoms with Gasteiger partial charge in [0.1, 0.15) is 9.84 Å². The third kappa shape index (κ3) is 3.72. The molecule has 4 heteroatoms. The molecule has 0 saturated heterocycles. The number of rotatable bonds is 3. The highest BCUT2D eigenvalue weighted by molar-refractivity contribution is 7.91. The molecule has 3 nitrogen and oxygen atoms in total. The molecule has 1 aromatic rings. The fourth-order valence-electron chi connectivity index (χ4n) is 2.78. The standard InChI is InChI=1S/C15H23NO2S/c1-11-7-8-12(2)15(9-11)16-13-5-4-6-14(10-13)19(3,17)18/h7-9,13-14,16H,4-6,10H2,1-3H3. The van der Waals surface area contributed by atoms with Gasteiger partial charge < -0.3 is 5.32 Å². The van der Waals surface area contributed by atoms with Gasteiger partial charge in [-0.3, -0.25) is 0 Å². The summed E-state index contributed by atoms with van der Waals surface area (Å²) >= 11 is 0. The molecule has 0 heterocycles. The molecule has 2 atom stereocenters. The maximum atomic E-state index is 11.7. The van der Waals surface area contributed by atoms with E-state index in [-0.39, 0.29) is 11.3 Å². The minimum absolute atomic E-state index is 0.177. The Labute approximate surface area is 116 Å². The van der Waals surface area contributed by atoms with E-state index in [9.17, 15) is 8.42 Å². The lowest BCUT2D eigenvalue weighted by molar-refractivity contribution is 0.453. The Kier molecular flexibility index (Phi) is 4.19. The number of anilines is 1. The van der Waals surface area contributed by atoms with E-state index in [2.05, 4.69) is 37.4 Å². The summed E-state index contributed by atoms with van der Waals surface area (Å²) in [5.41, 5.74) is 3.58.